The molecule has 1 rings (SSSR count). The Morgan fingerprint density at radius 3 is 2.76 bits per heavy atom. The Kier molecular flexibility index (Phi) is 8.04. The van der Waals surface area contributed by atoms with E-state index in [0.717, 1.165) is 35.4 Å². The highest BCUT2D eigenvalue weighted by Crippen LogP contribution is 2.22. The molecule has 5 heteroatoms. The molecule has 0 bridgehead atoms. The van der Waals surface area contributed by atoms with Crippen LogP contribution >= 0.6 is 11.8 Å². The highest BCUT2D eigenvalue weighted by atomic mass is 32.2. The number of benzene rings is 1. The van der Waals surface area contributed by atoms with Crippen LogP contribution in [0.5, 0.6) is 0 Å². The van der Waals surface area contributed by atoms with Gasteiger partial charge in [0, 0.05) is 28.5 Å². The van der Waals surface area contributed by atoms with Crippen molar-refractivity contribution >= 4 is 34.2 Å². The van der Waals surface area contributed by atoms with Crippen LogP contribution in [0.2, 0.25) is 0 Å². The van der Waals surface area contributed by atoms with Crippen LogP contribution in [0.1, 0.15) is 37.8 Å². The number of carbonyl (C=O) groups is 1. The molecule has 0 aliphatic carbocycles. The van der Waals surface area contributed by atoms with Crippen LogP contribution in [0, 0.1) is 6.92 Å². The number of anilines is 1. The average Bonchev–Trinajstić information content (AvgIpc) is 2.42. The average molecular weight is 328 g/mol. The zero-order valence-corrected chi connectivity index (χ0v) is 14.9. The van der Waals surface area contributed by atoms with Gasteiger partial charge in [0.15, 0.2) is 0 Å². The van der Waals surface area contributed by atoms with Crippen LogP contribution in [0.25, 0.3) is 0 Å². The molecule has 3 nitrogen and oxygen atoms in total. The monoisotopic (exact) mass is 327 g/mol. The standard InChI is InChI=1S/C16H25NO2S2/c1-5-6-10-20-13(3)16(18)17-15-9-7-8-14(12(15)2)11-21(4)19/h7-9,13H,5-6,10-11H2,1-4H3,(H,17,18)/t13-,21+/m1/s1. The number of hydrogen-bond donors (Lipinski definition) is 1. The third kappa shape index (κ3) is 6.22. The number of unbranched alkanes of at least 4 members (excludes halogenated alkanes) is 1. The van der Waals surface area contributed by atoms with Crippen LogP contribution < -0.4 is 5.32 Å². The van der Waals surface area contributed by atoms with Crippen molar-refractivity contribution in [1.29, 1.82) is 0 Å². The van der Waals surface area contributed by atoms with E-state index in [1.54, 1.807) is 18.0 Å². The Morgan fingerprint density at radius 1 is 1.43 bits per heavy atom. The first-order valence-corrected chi connectivity index (χ1v) is 10.0. The van der Waals surface area contributed by atoms with Crippen molar-refractivity contribution in [2.45, 2.75) is 44.6 Å². The molecule has 0 unspecified atom stereocenters. The van der Waals surface area contributed by atoms with Crippen molar-refractivity contribution in [1.82, 2.24) is 0 Å². The fraction of sp³-hybridized carbons (Fsp3) is 0.562. The number of rotatable bonds is 8. The summed E-state index contributed by atoms with van der Waals surface area (Å²) in [4.78, 5) is 12.2. The quantitative estimate of drug-likeness (QED) is 0.740. The van der Waals surface area contributed by atoms with Crippen molar-refractivity contribution in [3.05, 3.63) is 29.3 Å². The van der Waals surface area contributed by atoms with Crippen LogP contribution in [-0.4, -0.2) is 27.4 Å². The van der Waals surface area contributed by atoms with Gasteiger partial charge in [-0.15, -0.1) is 11.8 Å². The van der Waals surface area contributed by atoms with Gasteiger partial charge in [0.2, 0.25) is 5.91 Å². The maximum atomic E-state index is 12.2. The summed E-state index contributed by atoms with van der Waals surface area (Å²) in [7, 11) is -0.879. The van der Waals surface area contributed by atoms with Crippen molar-refractivity contribution in [3.8, 4) is 0 Å². The van der Waals surface area contributed by atoms with Crippen molar-refractivity contribution in [3.63, 3.8) is 0 Å². The minimum absolute atomic E-state index is 0.0361. The lowest BCUT2D eigenvalue weighted by molar-refractivity contribution is -0.115. The van der Waals surface area contributed by atoms with Gasteiger partial charge in [-0.25, -0.2) is 0 Å². The van der Waals surface area contributed by atoms with E-state index in [4.69, 9.17) is 0 Å². The smallest absolute Gasteiger partial charge is 0.237 e. The first-order chi connectivity index (χ1) is 9.95. The fourth-order valence-corrected chi connectivity index (χ4v) is 3.68. The Hall–Kier alpha value is -0.810. The second kappa shape index (κ2) is 9.26. The third-order valence-electron chi connectivity index (χ3n) is 3.30. The minimum Gasteiger partial charge on any atom is -0.325 e. The molecule has 0 spiro atoms. The maximum Gasteiger partial charge on any atom is 0.237 e. The fourth-order valence-electron chi connectivity index (χ4n) is 1.91. The molecule has 0 saturated heterocycles. The normalized spacial score (nSPS) is 13.7. The minimum atomic E-state index is -0.879. The van der Waals surface area contributed by atoms with E-state index in [1.165, 1.54) is 0 Å². The predicted molar refractivity (Wildman–Crippen MR) is 94.4 cm³/mol. The van der Waals surface area contributed by atoms with Crippen LogP contribution in [-0.2, 0) is 21.3 Å². The van der Waals surface area contributed by atoms with Gasteiger partial charge in [0.05, 0.1) is 5.25 Å². The Balaban J connectivity index is 2.69. The van der Waals surface area contributed by atoms with Gasteiger partial charge in [-0.05, 0) is 43.2 Å². The van der Waals surface area contributed by atoms with Crippen molar-refractivity contribution in [2.24, 2.45) is 0 Å². The molecule has 0 aliphatic heterocycles. The molecule has 0 radical (unpaired) electrons. The van der Waals surface area contributed by atoms with Gasteiger partial charge in [0.25, 0.3) is 0 Å². The molecular formula is C16H25NO2S2. The van der Waals surface area contributed by atoms with E-state index < -0.39 is 10.8 Å². The predicted octanol–water partition coefficient (Wildman–Crippen LogP) is 3.73. The topological polar surface area (TPSA) is 46.2 Å². The summed E-state index contributed by atoms with van der Waals surface area (Å²) in [6.07, 6.45) is 3.98. The summed E-state index contributed by atoms with van der Waals surface area (Å²) in [5.74, 6) is 1.57. The molecule has 1 N–H and O–H groups in total. The lowest BCUT2D eigenvalue weighted by atomic mass is 10.1. The molecule has 0 saturated carbocycles. The highest BCUT2D eigenvalue weighted by Gasteiger charge is 2.15. The molecule has 0 aliphatic rings. The molecule has 2 atom stereocenters. The Labute approximate surface area is 134 Å². The van der Waals surface area contributed by atoms with E-state index in [0.29, 0.717) is 5.75 Å². The first-order valence-electron chi connectivity index (χ1n) is 7.26. The summed E-state index contributed by atoms with van der Waals surface area (Å²) >= 11 is 1.69. The highest BCUT2D eigenvalue weighted by molar-refractivity contribution is 8.00. The molecule has 1 aromatic carbocycles. The zero-order chi connectivity index (χ0) is 15.8. The third-order valence-corrected chi connectivity index (χ3v) is 5.25. The second-order valence-electron chi connectivity index (χ2n) is 5.16. The zero-order valence-electron chi connectivity index (χ0n) is 13.3. The van der Waals surface area contributed by atoms with E-state index in [-0.39, 0.29) is 11.2 Å². The lowest BCUT2D eigenvalue weighted by Crippen LogP contribution is -2.23. The van der Waals surface area contributed by atoms with E-state index in [2.05, 4.69) is 12.2 Å². The second-order valence-corrected chi connectivity index (χ2v) is 8.05. The summed E-state index contributed by atoms with van der Waals surface area (Å²) in [5.41, 5.74) is 2.86. The van der Waals surface area contributed by atoms with Gasteiger partial charge in [-0.1, -0.05) is 25.5 Å². The van der Waals surface area contributed by atoms with Gasteiger partial charge in [0.1, 0.15) is 0 Å². The molecule has 0 heterocycles. The number of nitrogens with one attached hydrogen (secondary N) is 1. The molecule has 0 fully saturated rings. The van der Waals surface area contributed by atoms with Gasteiger partial charge in [-0.3, -0.25) is 9.00 Å². The molecule has 0 aromatic heterocycles. The number of amides is 1. The van der Waals surface area contributed by atoms with Gasteiger partial charge >= 0.3 is 0 Å². The molecule has 1 aromatic rings. The van der Waals surface area contributed by atoms with Crippen molar-refractivity contribution < 1.29 is 9.00 Å². The number of hydrogen-bond acceptors (Lipinski definition) is 3. The van der Waals surface area contributed by atoms with Crippen LogP contribution in [0.3, 0.4) is 0 Å². The van der Waals surface area contributed by atoms with Crippen LogP contribution in [0.4, 0.5) is 5.69 Å². The molecule has 118 valence electrons. The first kappa shape index (κ1) is 18.2. The van der Waals surface area contributed by atoms with E-state index >= 15 is 0 Å². The summed E-state index contributed by atoms with van der Waals surface area (Å²) in [5, 5.41) is 2.94. The Bertz CT molecular complexity index is 503. The Morgan fingerprint density at radius 2 is 2.14 bits per heavy atom. The molecule has 1 amide bonds. The summed E-state index contributed by atoms with van der Waals surface area (Å²) in [6.45, 7) is 6.06. The summed E-state index contributed by atoms with van der Waals surface area (Å²) < 4.78 is 11.4. The van der Waals surface area contributed by atoms with E-state index in [1.807, 2.05) is 32.0 Å². The van der Waals surface area contributed by atoms with E-state index in [9.17, 15) is 9.00 Å². The number of carbonyl (C=O) groups excluding carboxylic acids is 1. The lowest BCUT2D eigenvalue weighted by Gasteiger charge is -2.15. The van der Waals surface area contributed by atoms with Crippen LogP contribution in [0.15, 0.2) is 18.2 Å². The molecular weight excluding hydrogens is 302 g/mol. The number of thioether (sulfide) groups is 1. The summed E-state index contributed by atoms with van der Waals surface area (Å²) in [6, 6.07) is 5.77. The largest absolute Gasteiger partial charge is 0.325 e. The van der Waals surface area contributed by atoms with Gasteiger partial charge in [-0.2, -0.15) is 0 Å². The van der Waals surface area contributed by atoms with Gasteiger partial charge < -0.3 is 5.32 Å². The van der Waals surface area contributed by atoms with Crippen molar-refractivity contribution in [2.75, 3.05) is 17.3 Å². The molecule has 21 heavy (non-hydrogen) atoms. The maximum absolute atomic E-state index is 12.2. The SMILES string of the molecule is CCCCS[C@H](C)C(=O)Nc1cccc(C[S@](C)=O)c1C.